The quantitative estimate of drug-likeness (QED) is 0.732. The van der Waals surface area contributed by atoms with Crippen molar-refractivity contribution in [2.75, 3.05) is 18.9 Å². The van der Waals surface area contributed by atoms with Crippen LogP contribution in [0.25, 0.3) is 0 Å². The van der Waals surface area contributed by atoms with Crippen molar-refractivity contribution in [3.63, 3.8) is 0 Å². The van der Waals surface area contributed by atoms with Crippen molar-refractivity contribution in [3.05, 3.63) is 11.1 Å². The Hall–Kier alpha value is -1.30. The number of carbonyl (C=O) groups excluding carboxylic acids is 1. The average Bonchev–Trinajstić information content (AvgIpc) is 2.64. The van der Waals surface area contributed by atoms with Crippen molar-refractivity contribution >= 4 is 22.5 Å². The highest BCUT2D eigenvalue weighted by Gasteiger charge is 2.03. The van der Waals surface area contributed by atoms with Crippen LogP contribution in [0.3, 0.4) is 0 Å². The lowest BCUT2D eigenvalue weighted by Crippen LogP contribution is -2.40. The molecule has 0 aliphatic carbocycles. The van der Waals surface area contributed by atoms with Crippen LogP contribution < -0.4 is 16.0 Å². The summed E-state index contributed by atoms with van der Waals surface area (Å²) in [4.78, 5) is 15.6. The van der Waals surface area contributed by atoms with E-state index in [0.29, 0.717) is 6.54 Å². The van der Waals surface area contributed by atoms with Gasteiger partial charge in [-0.1, -0.05) is 0 Å². The number of nitrogens with zero attached hydrogens (tertiary/aromatic N) is 1. The second kappa shape index (κ2) is 6.32. The van der Waals surface area contributed by atoms with Gasteiger partial charge in [-0.15, -0.1) is 11.3 Å². The number of anilines is 1. The minimum Gasteiger partial charge on any atom is -0.365 e. The lowest BCUT2D eigenvalue weighted by molar-refractivity contribution is 0.238. The Morgan fingerprint density at radius 2 is 2.31 bits per heavy atom. The molecule has 16 heavy (non-hydrogen) atoms. The van der Waals surface area contributed by atoms with Crippen LogP contribution in [0.4, 0.5) is 9.93 Å². The van der Waals surface area contributed by atoms with E-state index in [2.05, 4.69) is 20.9 Å². The average molecular weight is 242 g/mol. The van der Waals surface area contributed by atoms with E-state index in [9.17, 15) is 4.79 Å². The molecule has 0 aliphatic heterocycles. The van der Waals surface area contributed by atoms with Crippen LogP contribution in [0, 0.1) is 0 Å². The molecule has 5 nitrogen and oxygen atoms in total. The molecule has 1 aromatic rings. The summed E-state index contributed by atoms with van der Waals surface area (Å²) in [5, 5.41) is 11.4. The molecule has 6 heteroatoms. The maximum Gasteiger partial charge on any atom is 0.314 e. The molecule has 0 saturated carbocycles. The van der Waals surface area contributed by atoms with Crippen molar-refractivity contribution in [2.24, 2.45) is 0 Å². The fourth-order valence-corrected chi connectivity index (χ4v) is 1.86. The summed E-state index contributed by atoms with van der Waals surface area (Å²) in [6, 6.07) is 0.0363. The maximum atomic E-state index is 11.3. The van der Waals surface area contributed by atoms with Gasteiger partial charge in [-0.2, -0.15) is 0 Å². The lowest BCUT2D eigenvalue weighted by Gasteiger charge is -2.09. The molecule has 1 heterocycles. The molecule has 0 saturated heterocycles. The third kappa shape index (κ3) is 4.48. The standard InChI is InChI=1S/C10H18N4OS/c1-7(2)13-9(15)12-5-4-8-6-16-10(11-3)14-8/h6-7H,4-5H2,1-3H3,(H,11,14)(H2,12,13,15). The molecule has 0 atom stereocenters. The molecule has 0 aromatic carbocycles. The van der Waals surface area contributed by atoms with Gasteiger partial charge in [-0.05, 0) is 13.8 Å². The normalized spacial score (nSPS) is 10.2. The zero-order valence-corrected chi connectivity index (χ0v) is 10.6. The molecule has 1 aromatic heterocycles. The summed E-state index contributed by atoms with van der Waals surface area (Å²) in [5.74, 6) is 0. The number of thiazole rings is 1. The molecular weight excluding hydrogens is 224 g/mol. The highest BCUT2D eigenvalue weighted by Crippen LogP contribution is 2.14. The first-order valence-electron chi connectivity index (χ1n) is 5.28. The molecule has 0 bridgehead atoms. The van der Waals surface area contributed by atoms with Gasteiger partial charge >= 0.3 is 6.03 Å². The van der Waals surface area contributed by atoms with Crippen LogP contribution in [-0.2, 0) is 6.42 Å². The monoisotopic (exact) mass is 242 g/mol. The van der Waals surface area contributed by atoms with Crippen molar-refractivity contribution < 1.29 is 4.79 Å². The van der Waals surface area contributed by atoms with Crippen molar-refractivity contribution in [1.82, 2.24) is 15.6 Å². The summed E-state index contributed by atoms with van der Waals surface area (Å²) < 4.78 is 0. The topological polar surface area (TPSA) is 66.0 Å². The molecule has 0 fully saturated rings. The Labute approximate surface area is 99.7 Å². The molecule has 0 radical (unpaired) electrons. The Kier molecular flexibility index (Phi) is 5.04. The second-order valence-electron chi connectivity index (χ2n) is 3.70. The van der Waals surface area contributed by atoms with Gasteiger partial charge < -0.3 is 16.0 Å². The number of nitrogens with one attached hydrogen (secondary N) is 3. The number of carbonyl (C=O) groups is 1. The van der Waals surface area contributed by atoms with Gasteiger partial charge in [0, 0.05) is 31.4 Å². The van der Waals surface area contributed by atoms with E-state index in [1.807, 2.05) is 26.3 Å². The fraction of sp³-hybridized carbons (Fsp3) is 0.600. The minimum absolute atomic E-state index is 0.126. The predicted octanol–water partition coefficient (Wildman–Crippen LogP) is 1.43. The smallest absolute Gasteiger partial charge is 0.314 e. The van der Waals surface area contributed by atoms with Gasteiger partial charge in [-0.25, -0.2) is 9.78 Å². The predicted molar refractivity (Wildman–Crippen MR) is 67.0 cm³/mol. The summed E-state index contributed by atoms with van der Waals surface area (Å²) in [6.07, 6.45) is 0.754. The van der Waals surface area contributed by atoms with Crippen molar-refractivity contribution in [2.45, 2.75) is 26.3 Å². The third-order valence-electron chi connectivity index (χ3n) is 1.85. The highest BCUT2D eigenvalue weighted by atomic mass is 32.1. The van der Waals surface area contributed by atoms with Gasteiger partial charge in [0.25, 0.3) is 0 Å². The SMILES string of the molecule is CNc1nc(CCNC(=O)NC(C)C)cs1. The van der Waals surface area contributed by atoms with Crippen LogP contribution in [0.2, 0.25) is 0 Å². The molecular formula is C10H18N4OS. The molecule has 2 amide bonds. The summed E-state index contributed by atoms with van der Waals surface area (Å²) >= 11 is 1.57. The van der Waals surface area contributed by atoms with Gasteiger partial charge in [0.2, 0.25) is 0 Å². The molecule has 90 valence electrons. The van der Waals surface area contributed by atoms with E-state index < -0.39 is 0 Å². The van der Waals surface area contributed by atoms with Crippen LogP contribution in [0.1, 0.15) is 19.5 Å². The van der Waals surface area contributed by atoms with Gasteiger partial charge in [-0.3, -0.25) is 0 Å². The van der Waals surface area contributed by atoms with E-state index in [-0.39, 0.29) is 12.1 Å². The summed E-state index contributed by atoms with van der Waals surface area (Å²) in [6.45, 7) is 4.46. The lowest BCUT2D eigenvalue weighted by atomic mass is 10.3. The zero-order valence-electron chi connectivity index (χ0n) is 9.83. The van der Waals surface area contributed by atoms with E-state index in [0.717, 1.165) is 17.2 Å². The highest BCUT2D eigenvalue weighted by molar-refractivity contribution is 7.13. The number of amides is 2. The third-order valence-corrected chi connectivity index (χ3v) is 2.76. The number of aromatic nitrogens is 1. The summed E-state index contributed by atoms with van der Waals surface area (Å²) in [5.41, 5.74) is 0.999. The minimum atomic E-state index is -0.126. The molecule has 0 unspecified atom stereocenters. The Morgan fingerprint density at radius 3 is 2.88 bits per heavy atom. The Balaban J connectivity index is 2.22. The molecule has 3 N–H and O–H groups in total. The van der Waals surface area contributed by atoms with Crippen LogP contribution in [0.5, 0.6) is 0 Å². The van der Waals surface area contributed by atoms with E-state index in [4.69, 9.17) is 0 Å². The number of rotatable bonds is 5. The van der Waals surface area contributed by atoms with Crippen molar-refractivity contribution in [1.29, 1.82) is 0 Å². The number of hydrogen-bond acceptors (Lipinski definition) is 4. The molecule has 1 rings (SSSR count). The molecule has 0 aliphatic rings. The largest absolute Gasteiger partial charge is 0.365 e. The van der Waals surface area contributed by atoms with Crippen molar-refractivity contribution in [3.8, 4) is 0 Å². The van der Waals surface area contributed by atoms with Gasteiger partial charge in [0.05, 0.1) is 5.69 Å². The maximum absolute atomic E-state index is 11.3. The second-order valence-corrected chi connectivity index (χ2v) is 4.56. The zero-order chi connectivity index (χ0) is 12.0. The Bertz CT molecular complexity index is 337. The first-order chi connectivity index (χ1) is 7.61. The first kappa shape index (κ1) is 12.8. The summed E-state index contributed by atoms with van der Waals surface area (Å²) in [7, 11) is 1.84. The van der Waals surface area contributed by atoms with E-state index in [1.54, 1.807) is 11.3 Å². The van der Waals surface area contributed by atoms with Crippen LogP contribution in [0.15, 0.2) is 5.38 Å². The first-order valence-corrected chi connectivity index (χ1v) is 6.16. The Morgan fingerprint density at radius 1 is 1.56 bits per heavy atom. The molecule has 0 spiro atoms. The van der Waals surface area contributed by atoms with Gasteiger partial charge in [0.15, 0.2) is 5.13 Å². The van der Waals surface area contributed by atoms with E-state index >= 15 is 0 Å². The fourth-order valence-electron chi connectivity index (χ4n) is 1.15. The van der Waals surface area contributed by atoms with E-state index in [1.165, 1.54) is 0 Å². The number of urea groups is 1. The number of hydrogen-bond donors (Lipinski definition) is 3. The van der Waals surface area contributed by atoms with Crippen LogP contribution >= 0.6 is 11.3 Å². The van der Waals surface area contributed by atoms with Gasteiger partial charge in [0.1, 0.15) is 0 Å². The van der Waals surface area contributed by atoms with Crippen LogP contribution in [-0.4, -0.2) is 30.6 Å².